The van der Waals surface area contributed by atoms with Crippen LogP contribution in [-0.4, -0.2) is 10.9 Å². The van der Waals surface area contributed by atoms with Gasteiger partial charge in [0.25, 0.3) is 5.91 Å². The first-order chi connectivity index (χ1) is 10.4. The summed E-state index contributed by atoms with van der Waals surface area (Å²) in [7, 11) is 0. The lowest BCUT2D eigenvalue weighted by molar-refractivity contribution is 0.0943. The third-order valence-electron chi connectivity index (χ3n) is 2.92. The fourth-order valence-corrected chi connectivity index (χ4v) is 2.43. The van der Waals surface area contributed by atoms with Gasteiger partial charge in [-0.1, -0.05) is 23.2 Å². The van der Waals surface area contributed by atoms with Crippen LogP contribution in [0.5, 0.6) is 0 Å². The molecule has 1 heterocycles. The second-order valence-corrected chi connectivity index (χ2v) is 5.51. The smallest absolute Gasteiger partial charge is 0.258 e. The highest BCUT2D eigenvalue weighted by Crippen LogP contribution is 2.23. The van der Waals surface area contributed by atoms with E-state index in [1.54, 1.807) is 6.92 Å². The van der Waals surface area contributed by atoms with Gasteiger partial charge >= 0.3 is 0 Å². The summed E-state index contributed by atoms with van der Waals surface area (Å²) < 4.78 is 0. The Morgan fingerprint density at radius 1 is 1.27 bits per heavy atom. The van der Waals surface area contributed by atoms with Crippen molar-refractivity contribution in [3.05, 3.63) is 67.6 Å². The van der Waals surface area contributed by atoms with Crippen molar-refractivity contribution in [2.45, 2.75) is 13.0 Å². The van der Waals surface area contributed by atoms with Crippen LogP contribution in [0.15, 0.2) is 35.3 Å². The standard InChI is InChI=1S/C15H11Cl2N3O2/c1-8-2-14(21)12(7-19-8)15(22)20-13(6-18)9-3-10(16)5-11(17)4-9/h2-5,7,13H,1H3,(H,19,21)(H,20,22)/t13-/m0/s1. The van der Waals surface area contributed by atoms with E-state index in [9.17, 15) is 14.9 Å². The van der Waals surface area contributed by atoms with Gasteiger partial charge in [0.2, 0.25) is 0 Å². The van der Waals surface area contributed by atoms with Gasteiger partial charge in [-0.05, 0) is 30.7 Å². The number of benzene rings is 1. The summed E-state index contributed by atoms with van der Waals surface area (Å²) in [4.78, 5) is 26.7. The molecule has 0 aliphatic heterocycles. The van der Waals surface area contributed by atoms with E-state index >= 15 is 0 Å². The molecule has 0 unspecified atom stereocenters. The molecule has 1 aromatic heterocycles. The first kappa shape index (κ1) is 16.1. The van der Waals surface area contributed by atoms with Crippen molar-refractivity contribution >= 4 is 29.1 Å². The second kappa shape index (κ2) is 6.65. The van der Waals surface area contributed by atoms with Crippen LogP contribution in [0.2, 0.25) is 10.0 Å². The zero-order valence-corrected chi connectivity index (χ0v) is 13.0. The Labute approximate surface area is 136 Å². The number of pyridine rings is 1. The van der Waals surface area contributed by atoms with Crippen molar-refractivity contribution < 1.29 is 4.79 Å². The number of aryl methyl sites for hydroxylation is 1. The first-order valence-corrected chi connectivity index (χ1v) is 7.02. The van der Waals surface area contributed by atoms with Crippen molar-refractivity contribution in [3.63, 3.8) is 0 Å². The van der Waals surface area contributed by atoms with E-state index in [1.807, 2.05) is 6.07 Å². The van der Waals surface area contributed by atoms with Crippen LogP contribution in [0.4, 0.5) is 0 Å². The monoisotopic (exact) mass is 335 g/mol. The molecule has 1 atom stereocenters. The maximum absolute atomic E-state index is 12.1. The van der Waals surface area contributed by atoms with Crippen LogP contribution in [0, 0.1) is 18.3 Å². The minimum absolute atomic E-state index is 0.0704. The molecule has 7 heteroatoms. The largest absolute Gasteiger partial charge is 0.364 e. The number of amides is 1. The van der Waals surface area contributed by atoms with Gasteiger partial charge in [-0.15, -0.1) is 0 Å². The summed E-state index contributed by atoms with van der Waals surface area (Å²) in [5.41, 5.74) is 0.588. The molecule has 112 valence electrons. The van der Waals surface area contributed by atoms with E-state index in [4.69, 9.17) is 23.2 Å². The number of nitrogens with one attached hydrogen (secondary N) is 2. The molecule has 0 saturated carbocycles. The maximum atomic E-state index is 12.1. The Kier molecular flexibility index (Phi) is 4.86. The molecule has 22 heavy (non-hydrogen) atoms. The molecule has 5 nitrogen and oxygen atoms in total. The number of H-pyrrole nitrogens is 1. The van der Waals surface area contributed by atoms with Crippen LogP contribution in [0.25, 0.3) is 0 Å². The van der Waals surface area contributed by atoms with Gasteiger partial charge in [0, 0.05) is 28.0 Å². The fourth-order valence-electron chi connectivity index (χ4n) is 1.89. The quantitative estimate of drug-likeness (QED) is 0.903. The molecule has 0 saturated heterocycles. The zero-order valence-electron chi connectivity index (χ0n) is 11.5. The van der Waals surface area contributed by atoms with E-state index in [-0.39, 0.29) is 5.56 Å². The molecule has 0 aliphatic carbocycles. The van der Waals surface area contributed by atoms with E-state index in [2.05, 4.69) is 10.3 Å². The number of rotatable bonds is 3. The van der Waals surface area contributed by atoms with Gasteiger partial charge in [-0.3, -0.25) is 9.59 Å². The summed E-state index contributed by atoms with van der Waals surface area (Å²) in [6.45, 7) is 1.70. The van der Waals surface area contributed by atoms with Crippen LogP contribution in [-0.2, 0) is 0 Å². The minimum atomic E-state index is -0.968. The highest BCUT2D eigenvalue weighted by atomic mass is 35.5. The average molecular weight is 336 g/mol. The lowest BCUT2D eigenvalue weighted by atomic mass is 10.1. The lowest BCUT2D eigenvalue weighted by Gasteiger charge is -2.12. The highest BCUT2D eigenvalue weighted by molar-refractivity contribution is 6.34. The average Bonchev–Trinajstić information content (AvgIpc) is 2.43. The second-order valence-electron chi connectivity index (χ2n) is 4.63. The predicted molar refractivity (Wildman–Crippen MR) is 84.1 cm³/mol. The van der Waals surface area contributed by atoms with Gasteiger partial charge in [0.15, 0.2) is 5.43 Å². The number of halogens is 2. The molecule has 2 N–H and O–H groups in total. The molecule has 0 fully saturated rings. The molecular formula is C15H11Cl2N3O2. The molecule has 2 rings (SSSR count). The summed E-state index contributed by atoms with van der Waals surface area (Å²) in [6.07, 6.45) is 1.31. The van der Waals surface area contributed by atoms with Gasteiger partial charge in [0.1, 0.15) is 11.6 Å². The lowest BCUT2D eigenvalue weighted by Crippen LogP contribution is -2.31. The fraction of sp³-hybridized carbons (Fsp3) is 0.133. The molecule has 0 radical (unpaired) electrons. The minimum Gasteiger partial charge on any atom is -0.364 e. The molecule has 0 spiro atoms. The summed E-state index contributed by atoms with van der Waals surface area (Å²) >= 11 is 11.8. The van der Waals surface area contributed by atoms with E-state index in [1.165, 1.54) is 30.5 Å². The Bertz CT molecular complexity index is 804. The third kappa shape index (κ3) is 3.67. The summed E-state index contributed by atoms with van der Waals surface area (Å²) in [5.74, 6) is -0.649. The third-order valence-corrected chi connectivity index (χ3v) is 3.36. The first-order valence-electron chi connectivity index (χ1n) is 6.26. The highest BCUT2D eigenvalue weighted by Gasteiger charge is 2.18. The number of hydrogen-bond acceptors (Lipinski definition) is 3. The molecule has 1 aromatic carbocycles. The number of hydrogen-bond donors (Lipinski definition) is 2. The Hall–Kier alpha value is -2.29. The number of nitrogens with zero attached hydrogens (tertiary/aromatic N) is 1. The van der Waals surface area contributed by atoms with E-state index < -0.39 is 17.4 Å². The number of carbonyl (C=O) groups is 1. The summed E-state index contributed by atoms with van der Waals surface area (Å²) in [6, 6.07) is 6.87. The molecule has 1 amide bonds. The van der Waals surface area contributed by atoms with Crippen molar-refractivity contribution in [2.24, 2.45) is 0 Å². The van der Waals surface area contributed by atoms with Gasteiger partial charge in [0.05, 0.1) is 6.07 Å². The number of aromatic nitrogens is 1. The van der Waals surface area contributed by atoms with E-state index in [0.717, 1.165) is 0 Å². The molecular weight excluding hydrogens is 325 g/mol. The van der Waals surface area contributed by atoms with E-state index in [0.29, 0.717) is 21.3 Å². The Morgan fingerprint density at radius 2 is 1.91 bits per heavy atom. The van der Waals surface area contributed by atoms with Gasteiger partial charge in [-0.25, -0.2) is 0 Å². The van der Waals surface area contributed by atoms with Crippen LogP contribution < -0.4 is 10.7 Å². The number of aromatic amines is 1. The number of carbonyl (C=O) groups excluding carboxylic acids is 1. The van der Waals surface area contributed by atoms with Crippen molar-refractivity contribution in [3.8, 4) is 6.07 Å². The molecule has 0 bridgehead atoms. The zero-order chi connectivity index (χ0) is 16.3. The molecule has 2 aromatic rings. The van der Waals surface area contributed by atoms with Crippen molar-refractivity contribution in [1.82, 2.24) is 10.3 Å². The van der Waals surface area contributed by atoms with Crippen LogP contribution >= 0.6 is 23.2 Å². The summed E-state index contributed by atoms with van der Waals surface area (Å²) in [5, 5.41) is 12.4. The maximum Gasteiger partial charge on any atom is 0.258 e. The van der Waals surface area contributed by atoms with Crippen LogP contribution in [0.1, 0.15) is 27.7 Å². The van der Waals surface area contributed by atoms with Crippen molar-refractivity contribution in [2.75, 3.05) is 0 Å². The normalized spacial score (nSPS) is 11.5. The number of nitriles is 1. The Morgan fingerprint density at radius 3 is 2.45 bits per heavy atom. The van der Waals surface area contributed by atoms with Crippen molar-refractivity contribution in [1.29, 1.82) is 5.26 Å². The Balaban J connectivity index is 2.28. The van der Waals surface area contributed by atoms with Crippen LogP contribution in [0.3, 0.4) is 0 Å². The van der Waals surface area contributed by atoms with Gasteiger partial charge < -0.3 is 10.3 Å². The van der Waals surface area contributed by atoms with Gasteiger partial charge in [-0.2, -0.15) is 5.26 Å². The molecule has 0 aliphatic rings. The topological polar surface area (TPSA) is 85.8 Å². The predicted octanol–water partition coefficient (Wildman–Crippen LogP) is 2.98. The SMILES string of the molecule is Cc1cc(=O)c(C(=O)N[C@@H](C#N)c2cc(Cl)cc(Cl)c2)c[nH]1.